The van der Waals surface area contributed by atoms with Crippen LogP contribution in [-0.2, 0) is 4.79 Å². The summed E-state index contributed by atoms with van der Waals surface area (Å²) in [5, 5.41) is 8.99. The van der Waals surface area contributed by atoms with Gasteiger partial charge in [-0.1, -0.05) is 13.3 Å². The van der Waals surface area contributed by atoms with Gasteiger partial charge in [0.1, 0.15) is 5.54 Å². The summed E-state index contributed by atoms with van der Waals surface area (Å²) >= 11 is 0. The van der Waals surface area contributed by atoms with Gasteiger partial charge in [-0.15, -0.1) is 0 Å². The Balaban J connectivity index is 2.33. The summed E-state index contributed by atoms with van der Waals surface area (Å²) < 4.78 is 0. The molecule has 1 fully saturated rings. The summed E-state index contributed by atoms with van der Waals surface area (Å²) in [6.07, 6.45) is 6.89. The molecule has 0 bridgehead atoms. The Morgan fingerprint density at radius 3 is 2.39 bits per heavy atom. The molecule has 1 saturated carbocycles. The first-order valence-corrected chi connectivity index (χ1v) is 7.09. The molecule has 3 N–H and O–H groups in total. The second-order valence-corrected chi connectivity index (χ2v) is 6.04. The van der Waals surface area contributed by atoms with Crippen LogP contribution in [0.1, 0.15) is 52.4 Å². The number of hydrogen-bond donors (Lipinski definition) is 2. The summed E-state index contributed by atoms with van der Waals surface area (Å²) in [4.78, 5) is 13.2. The third-order valence-corrected chi connectivity index (χ3v) is 4.49. The van der Waals surface area contributed by atoms with Crippen molar-refractivity contribution in [3.05, 3.63) is 0 Å². The standard InChI is InChI=1S/C14H28N2O2/c1-4-11-5-7-12(8-6-11)16(3)10-9-14(2,15)13(17)18/h11-12H,4-10,15H2,1-3H3,(H,17,18). The fourth-order valence-electron chi connectivity index (χ4n) is 2.69. The van der Waals surface area contributed by atoms with Crippen molar-refractivity contribution in [3.63, 3.8) is 0 Å². The van der Waals surface area contributed by atoms with E-state index < -0.39 is 11.5 Å². The average molecular weight is 256 g/mol. The van der Waals surface area contributed by atoms with Crippen molar-refractivity contribution in [2.24, 2.45) is 11.7 Å². The van der Waals surface area contributed by atoms with Crippen molar-refractivity contribution in [1.82, 2.24) is 4.90 Å². The number of carbonyl (C=O) groups is 1. The van der Waals surface area contributed by atoms with Gasteiger partial charge in [0.15, 0.2) is 0 Å². The fourth-order valence-corrected chi connectivity index (χ4v) is 2.69. The molecule has 0 heterocycles. The molecule has 0 aromatic rings. The molecular formula is C14H28N2O2. The molecule has 0 radical (unpaired) electrons. The number of carboxylic acids is 1. The van der Waals surface area contributed by atoms with Gasteiger partial charge in [0.2, 0.25) is 0 Å². The van der Waals surface area contributed by atoms with E-state index in [1.807, 2.05) is 0 Å². The predicted molar refractivity (Wildman–Crippen MR) is 73.5 cm³/mol. The highest BCUT2D eigenvalue weighted by atomic mass is 16.4. The number of carboxylic acid groups (broad SMARTS) is 1. The monoisotopic (exact) mass is 256 g/mol. The average Bonchev–Trinajstić information content (AvgIpc) is 2.36. The molecule has 0 saturated heterocycles. The van der Waals surface area contributed by atoms with Gasteiger partial charge in [-0.05, 0) is 52.0 Å². The van der Waals surface area contributed by atoms with Crippen LogP contribution in [-0.4, -0.2) is 41.1 Å². The van der Waals surface area contributed by atoms with Crippen molar-refractivity contribution in [2.75, 3.05) is 13.6 Å². The van der Waals surface area contributed by atoms with Gasteiger partial charge in [0.05, 0.1) is 0 Å². The molecule has 1 unspecified atom stereocenters. The molecule has 106 valence electrons. The molecule has 0 aliphatic heterocycles. The van der Waals surface area contributed by atoms with Gasteiger partial charge >= 0.3 is 5.97 Å². The van der Waals surface area contributed by atoms with E-state index in [1.165, 1.54) is 32.1 Å². The zero-order valence-corrected chi connectivity index (χ0v) is 12.0. The third-order valence-electron chi connectivity index (χ3n) is 4.49. The minimum Gasteiger partial charge on any atom is -0.480 e. The van der Waals surface area contributed by atoms with Crippen LogP contribution in [0.3, 0.4) is 0 Å². The normalized spacial score (nSPS) is 28.1. The van der Waals surface area contributed by atoms with E-state index >= 15 is 0 Å². The molecule has 0 amide bonds. The second kappa shape index (κ2) is 6.53. The highest BCUT2D eigenvalue weighted by Crippen LogP contribution is 2.29. The van der Waals surface area contributed by atoms with Crippen LogP contribution in [0, 0.1) is 5.92 Å². The lowest BCUT2D eigenvalue weighted by molar-refractivity contribution is -0.143. The number of aliphatic carboxylic acids is 1. The molecule has 4 nitrogen and oxygen atoms in total. The van der Waals surface area contributed by atoms with Crippen molar-refractivity contribution in [1.29, 1.82) is 0 Å². The smallest absolute Gasteiger partial charge is 0.323 e. The van der Waals surface area contributed by atoms with E-state index in [-0.39, 0.29) is 0 Å². The van der Waals surface area contributed by atoms with E-state index in [9.17, 15) is 4.79 Å². The first-order valence-electron chi connectivity index (χ1n) is 7.09. The van der Waals surface area contributed by atoms with Gasteiger partial charge in [-0.25, -0.2) is 0 Å². The van der Waals surface area contributed by atoms with Crippen LogP contribution in [0.2, 0.25) is 0 Å². The highest BCUT2D eigenvalue weighted by Gasteiger charge is 2.29. The molecule has 0 aromatic carbocycles. The maximum absolute atomic E-state index is 10.9. The zero-order valence-electron chi connectivity index (χ0n) is 12.0. The van der Waals surface area contributed by atoms with Crippen molar-refractivity contribution >= 4 is 5.97 Å². The predicted octanol–water partition coefficient (Wildman–Crippen LogP) is 2.08. The molecule has 1 aliphatic carbocycles. The maximum Gasteiger partial charge on any atom is 0.323 e. The Morgan fingerprint density at radius 2 is 1.94 bits per heavy atom. The fraction of sp³-hybridized carbons (Fsp3) is 0.929. The minimum atomic E-state index is -1.10. The SMILES string of the molecule is CCC1CCC(N(C)CCC(C)(N)C(=O)O)CC1. The molecule has 0 aromatic heterocycles. The first-order chi connectivity index (χ1) is 8.36. The third kappa shape index (κ3) is 4.25. The summed E-state index contributed by atoms with van der Waals surface area (Å²) in [7, 11) is 2.09. The van der Waals surface area contributed by atoms with Gasteiger partial charge < -0.3 is 15.7 Å². The quantitative estimate of drug-likeness (QED) is 0.763. The van der Waals surface area contributed by atoms with Gasteiger partial charge in [0.25, 0.3) is 0 Å². The van der Waals surface area contributed by atoms with Gasteiger partial charge in [-0.2, -0.15) is 0 Å². The Bertz CT molecular complexity index is 271. The summed E-state index contributed by atoms with van der Waals surface area (Å²) in [6, 6.07) is 0.609. The van der Waals surface area contributed by atoms with Gasteiger partial charge in [-0.3, -0.25) is 4.79 Å². The Morgan fingerprint density at radius 1 is 1.39 bits per heavy atom. The Hall–Kier alpha value is -0.610. The van der Waals surface area contributed by atoms with E-state index in [0.29, 0.717) is 12.5 Å². The molecular weight excluding hydrogens is 228 g/mol. The van der Waals surface area contributed by atoms with E-state index in [2.05, 4.69) is 18.9 Å². The van der Waals surface area contributed by atoms with E-state index in [0.717, 1.165) is 12.5 Å². The molecule has 0 spiro atoms. The summed E-state index contributed by atoms with van der Waals surface area (Å²) in [5.74, 6) is -0.0148. The van der Waals surface area contributed by atoms with Crippen LogP contribution in [0.5, 0.6) is 0 Å². The number of nitrogens with two attached hydrogens (primary N) is 1. The first kappa shape index (κ1) is 15.4. The highest BCUT2D eigenvalue weighted by molar-refractivity contribution is 5.77. The molecule has 1 aliphatic rings. The molecule has 1 rings (SSSR count). The van der Waals surface area contributed by atoms with Crippen LogP contribution in [0.15, 0.2) is 0 Å². The Labute approximate surface area is 111 Å². The number of nitrogens with zero attached hydrogens (tertiary/aromatic N) is 1. The van der Waals surface area contributed by atoms with E-state index in [1.54, 1.807) is 6.92 Å². The van der Waals surface area contributed by atoms with Crippen LogP contribution in [0.4, 0.5) is 0 Å². The van der Waals surface area contributed by atoms with Crippen LogP contribution in [0.25, 0.3) is 0 Å². The topological polar surface area (TPSA) is 66.6 Å². The maximum atomic E-state index is 10.9. The van der Waals surface area contributed by atoms with Crippen LogP contribution < -0.4 is 5.73 Å². The summed E-state index contributed by atoms with van der Waals surface area (Å²) in [5.41, 5.74) is 4.65. The minimum absolute atomic E-state index is 0.506. The number of hydrogen-bond acceptors (Lipinski definition) is 3. The van der Waals surface area contributed by atoms with Crippen molar-refractivity contribution < 1.29 is 9.90 Å². The van der Waals surface area contributed by atoms with Crippen molar-refractivity contribution in [2.45, 2.75) is 64.0 Å². The second-order valence-electron chi connectivity index (χ2n) is 6.04. The molecule has 1 atom stereocenters. The lowest BCUT2D eigenvalue weighted by atomic mass is 9.84. The number of rotatable bonds is 6. The summed E-state index contributed by atoms with van der Waals surface area (Å²) in [6.45, 7) is 4.62. The largest absolute Gasteiger partial charge is 0.480 e. The Kier molecular flexibility index (Phi) is 5.60. The van der Waals surface area contributed by atoms with E-state index in [4.69, 9.17) is 10.8 Å². The van der Waals surface area contributed by atoms with Crippen LogP contribution >= 0.6 is 0 Å². The zero-order chi connectivity index (χ0) is 13.8. The van der Waals surface area contributed by atoms with Gasteiger partial charge in [0, 0.05) is 12.6 Å². The molecule has 4 heteroatoms. The lowest BCUT2D eigenvalue weighted by Gasteiger charge is -2.35. The molecule has 18 heavy (non-hydrogen) atoms. The lowest BCUT2D eigenvalue weighted by Crippen LogP contribution is -2.48. The van der Waals surface area contributed by atoms with Crippen molar-refractivity contribution in [3.8, 4) is 0 Å².